The van der Waals surface area contributed by atoms with E-state index < -0.39 is 5.97 Å². The molecule has 1 aliphatic heterocycles. The molecule has 98 valence electrons. The summed E-state index contributed by atoms with van der Waals surface area (Å²) in [6, 6.07) is 5.41. The highest BCUT2D eigenvalue weighted by molar-refractivity contribution is 9.10. The molecule has 1 heterocycles. The van der Waals surface area contributed by atoms with Gasteiger partial charge in [-0.3, -0.25) is 0 Å². The first-order valence-electron chi connectivity index (χ1n) is 6.39. The molecular formula is C14H18BrNO2. The van der Waals surface area contributed by atoms with Gasteiger partial charge in [-0.2, -0.15) is 0 Å². The normalized spacial score (nSPS) is 16.9. The first-order valence-corrected chi connectivity index (χ1v) is 7.18. The largest absolute Gasteiger partial charge is 0.478 e. The lowest BCUT2D eigenvalue weighted by Crippen LogP contribution is -2.33. The summed E-state index contributed by atoms with van der Waals surface area (Å²) in [7, 11) is 0. The van der Waals surface area contributed by atoms with E-state index in [1.165, 1.54) is 19.3 Å². The van der Waals surface area contributed by atoms with Crippen molar-refractivity contribution in [1.82, 2.24) is 0 Å². The Balaban J connectivity index is 2.16. The molecule has 2 rings (SSSR count). The molecule has 0 amide bonds. The number of halogens is 1. The lowest BCUT2D eigenvalue weighted by molar-refractivity contribution is 0.0697. The smallest absolute Gasteiger partial charge is 0.335 e. The van der Waals surface area contributed by atoms with Crippen molar-refractivity contribution in [3.63, 3.8) is 0 Å². The van der Waals surface area contributed by atoms with Gasteiger partial charge in [0.25, 0.3) is 0 Å². The lowest BCUT2D eigenvalue weighted by Gasteiger charge is -2.33. The molecule has 1 aliphatic rings. The Morgan fingerprint density at radius 1 is 1.39 bits per heavy atom. The van der Waals surface area contributed by atoms with Gasteiger partial charge in [0.2, 0.25) is 0 Å². The Morgan fingerprint density at radius 2 is 2.06 bits per heavy atom. The van der Waals surface area contributed by atoms with Crippen molar-refractivity contribution in [3.8, 4) is 0 Å². The first kappa shape index (κ1) is 13.4. The molecule has 1 aromatic carbocycles. The molecular weight excluding hydrogens is 294 g/mol. The van der Waals surface area contributed by atoms with Gasteiger partial charge in [0.15, 0.2) is 0 Å². The predicted molar refractivity (Wildman–Crippen MR) is 76.3 cm³/mol. The Labute approximate surface area is 116 Å². The summed E-state index contributed by atoms with van der Waals surface area (Å²) in [6.45, 7) is 4.28. The van der Waals surface area contributed by atoms with Gasteiger partial charge in [-0.15, -0.1) is 0 Å². The van der Waals surface area contributed by atoms with E-state index in [0.717, 1.165) is 29.2 Å². The number of carbonyl (C=O) groups is 1. The molecule has 1 aromatic rings. The number of benzene rings is 1. The molecule has 0 bridgehead atoms. The third kappa shape index (κ3) is 3.05. The van der Waals surface area contributed by atoms with E-state index in [1.54, 1.807) is 12.1 Å². The van der Waals surface area contributed by atoms with Gasteiger partial charge in [0, 0.05) is 23.2 Å². The molecule has 3 nitrogen and oxygen atoms in total. The van der Waals surface area contributed by atoms with Crippen molar-refractivity contribution in [2.75, 3.05) is 18.0 Å². The number of nitrogens with zero attached hydrogens (tertiary/aromatic N) is 1. The quantitative estimate of drug-likeness (QED) is 0.923. The van der Waals surface area contributed by atoms with Crippen LogP contribution in [0.15, 0.2) is 22.7 Å². The fourth-order valence-electron chi connectivity index (χ4n) is 2.48. The summed E-state index contributed by atoms with van der Waals surface area (Å²) in [4.78, 5) is 13.3. The number of anilines is 1. The summed E-state index contributed by atoms with van der Waals surface area (Å²) in [5.41, 5.74) is 1.35. The zero-order valence-electron chi connectivity index (χ0n) is 10.5. The van der Waals surface area contributed by atoms with Gasteiger partial charge in [0.1, 0.15) is 0 Å². The van der Waals surface area contributed by atoms with Crippen LogP contribution in [0.25, 0.3) is 0 Å². The number of hydrogen-bond acceptors (Lipinski definition) is 2. The van der Waals surface area contributed by atoms with Crippen LogP contribution < -0.4 is 4.90 Å². The standard InChI is InChI=1S/C14H18BrNO2/c1-2-10-3-5-16(6-4-10)13-8-11(14(17)18)7-12(15)9-13/h7-10H,2-6H2,1H3,(H,17,18). The zero-order chi connectivity index (χ0) is 13.1. The van der Waals surface area contributed by atoms with E-state index in [1.807, 2.05) is 6.07 Å². The average molecular weight is 312 g/mol. The van der Waals surface area contributed by atoms with Crippen molar-refractivity contribution >= 4 is 27.6 Å². The maximum atomic E-state index is 11.0. The average Bonchev–Trinajstić information content (AvgIpc) is 2.38. The fraction of sp³-hybridized carbons (Fsp3) is 0.500. The molecule has 0 aromatic heterocycles. The van der Waals surface area contributed by atoms with Crippen LogP contribution in [0, 0.1) is 5.92 Å². The van der Waals surface area contributed by atoms with E-state index in [9.17, 15) is 4.79 Å². The van der Waals surface area contributed by atoms with Crippen molar-refractivity contribution in [3.05, 3.63) is 28.2 Å². The van der Waals surface area contributed by atoms with Crippen LogP contribution in [-0.4, -0.2) is 24.2 Å². The Hall–Kier alpha value is -1.03. The van der Waals surface area contributed by atoms with Gasteiger partial charge in [-0.25, -0.2) is 4.79 Å². The van der Waals surface area contributed by atoms with Crippen LogP contribution in [0.3, 0.4) is 0 Å². The molecule has 4 heteroatoms. The SMILES string of the molecule is CCC1CCN(c2cc(Br)cc(C(=O)O)c2)CC1. The third-order valence-corrected chi connectivity index (χ3v) is 4.14. The summed E-state index contributed by atoms with van der Waals surface area (Å²) in [6.07, 6.45) is 3.64. The number of piperidine rings is 1. The van der Waals surface area contributed by atoms with Crippen molar-refractivity contribution in [1.29, 1.82) is 0 Å². The molecule has 1 saturated heterocycles. The topological polar surface area (TPSA) is 40.5 Å². The second kappa shape index (κ2) is 5.74. The highest BCUT2D eigenvalue weighted by Crippen LogP contribution is 2.28. The molecule has 0 atom stereocenters. The van der Waals surface area contributed by atoms with Gasteiger partial charge >= 0.3 is 5.97 Å². The molecule has 0 spiro atoms. The van der Waals surface area contributed by atoms with Crippen LogP contribution in [-0.2, 0) is 0 Å². The number of carboxylic acid groups (broad SMARTS) is 1. The van der Waals surface area contributed by atoms with E-state index >= 15 is 0 Å². The monoisotopic (exact) mass is 311 g/mol. The van der Waals surface area contributed by atoms with E-state index in [4.69, 9.17) is 5.11 Å². The minimum atomic E-state index is -0.874. The molecule has 0 radical (unpaired) electrons. The number of carboxylic acids is 1. The molecule has 0 unspecified atom stereocenters. The summed E-state index contributed by atoms with van der Waals surface area (Å²) >= 11 is 3.38. The fourth-order valence-corrected chi connectivity index (χ4v) is 2.96. The first-order chi connectivity index (χ1) is 8.60. The highest BCUT2D eigenvalue weighted by atomic mass is 79.9. The number of aromatic carboxylic acids is 1. The molecule has 1 N–H and O–H groups in total. The third-order valence-electron chi connectivity index (χ3n) is 3.69. The molecule has 0 saturated carbocycles. The maximum absolute atomic E-state index is 11.0. The second-order valence-corrected chi connectivity index (χ2v) is 5.76. The van der Waals surface area contributed by atoms with E-state index in [2.05, 4.69) is 27.8 Å². The van der Waals surface area contributed by atoms with Gasteiger partial charge in [-0.1, -0.05) is 29.3 Å². The van der Waals surface area contributed by atoms with Crippen LogP contribution in [0.1, 0.15) is 36.5 Å². The van der Waals surface area contributed by atoms with E-state index in [0.29, 0.717) is 5.56 Å². The number of hydrogen-bond donors (Lipinski definition) is 1. The van der Waals surface area contributed by atoms with Crippen molar-refractivity contribution in [2.24, 2.45) is 5.92 Å². The molecule has 18 heavy (non-hydrogen) atoms. The number of rotatable bonds is 3. The van der Waals surface area contributed by atoms with Crippen LogP contribution in [0.5, 0.6) is 0 Å². The van der Waals surface area contributed by atoms with Crippen LogP contribution >= 0.6 is 15.9 Å². The lowest BCUT2D eigenvalue weighted by atomic mass is 9.94. The Kier molecular flexibility index (Phi) is 4.27. The minimum absolute atomic E-state index is 0.344. The maximum Gasteiger partial charge on any atom is 0.335 e. The summed E-state index contributed by atoms with van der Waals surface area (Å²) in [5, 5.41) is 9.07. The zero-order valence-corrected chi connectivity index (χ0v) is 12.1. The Bertz CT molecular complexity index is 439. The molecule has 0 aliphatic carbocycles. The highest BCUT2D eigenvalue weighted by Gasteiger charge is 2.19. The van der Waals surface area contributed by atoms with Crippen molar-refractivity contribution < 1.29 is 9.90 Å². The Morgan fingerprint density at radius 3 is 2.61 bits per heavy atom. The molecule has 1 fully saturated rings. The van der Waals surface area contributed by atoms with Gasteiger partial charge in [-0.05, 0) is 37.0 Å². The van der Waals surface area contributed by atoms with Crippen LogP contribution in [0.2, 0.25) is 0 Å². The minimum Gasteiger partial charge on any atom is -0.478 e. The van der Waals surface area contributed by atoms with Gasteiger partial charge in [0.05, 0.1) is 5.56 Å². The van der Waals surface area contributed by atoms with Crippen LogP contribution in [0.4, 0.5) is 5.69 Å². The van der Waals surface area contributed by atoms with Crippen molar-refractivity contribution in [2.45, 2.75) is 26.2 Å². The summed E-state index contributed by atoms with van der Waals surface area (Å²) in [5.74, 6) is -0.0478. The second-order valence-electron chi connectivity index (χ2n) is 4.84. The predicted octanol–water partition coefficient (Wildman–Crippen LogP) is 3.77. The van der Waals surface area contributed by atoms with E-state index in [-0.39, 0.29) is 0 Å². The van der Waals surface area contributed by atoms with Gasteiger partial charge < -0.3 is 10.0 Å². The summed E-state index contributed by atoms with van der Waals surface area (Å²) < 4.78 is 0.829.